The largest absolute Gasteiger partial charge is 0.355 e. The second-order valence-electron chi connectivity index (χ2n) is 5.36. The minimum Gasteiger partial charge on any atom is -0.355 e. The lowest BCUT2D eigenvalue weighted by Gasteiger charge is -2.16. The van der Waals surface area contributed by atoms with Gasteiger partial charge in [0.05, 0.1) is 22.9 Å². The molecule has 2 aromatic heterocycles. The Morgan fingerprint density at radius 3 is 2.79 bits per heavy atom. The molecule has 7 heteroatoms. The molecule has 0 N–H and O–H groups in total. The Labute approximate surface area is 148 Å². The molecule has 6 nitrogen and oxygen atoms in total. The van der Waals surface area contributed by atoms with E-state index in [9.17, 15) is 4.79 Å². The Morgan fingerprint density at radius 2 is 2.08 bits per heavy atom. The number of nitrogens with zero attached hydrogens (tertiary/aromatic N) is 4. The molecule has 0 aliphatic carbocycles. The highest BCUT2D eigenvalue weighted by Gasteiger charge is 2.20. The van der Waals surface area contributed by atoms with Gasteiger partial charge in [0.15, 0.2) is 11.5 Å². The number of amides is 1. The van der Waals surface area contributed by atoms with E-state index in [0.29, 0.717) is 12.3 Å². The van der Waals surface area contributed by atoms with E-state index in [1.54, 1.807) is 24.2 Å². The smallest absolute Gasteiger partial charge is 0.276 e. The number of carbonyl (C=O) groups excluding carboxylic acids is 1. The molecule has 0 fully saturated rings. The van der Waals surface area contributed by atoms with Crippen molar-refractivity contribution in [3.8, 4) is 11.3 Å². The summed E-state index contributed by atoms with van der Waals surface area (Å²) in [6.45, 7) is 3.18. The number of benzene rings is 1. The van der Waals surface area contributed by atoms with Crippen LogP contribution in [-0.2, 0) is 13.1 Å². The van der Waals surface area contributed by atoms with Crippen molar-refractivity contribution in [2.24, 2.45) is 0 Å². The van der Waals surface area contributed by atoms with Gasteiger partial charge in [-0.15, -0.1) is 0 Å². The van der Waals surface area contributed by atoms with Crippen LogP contribution < -0.4 is 0 Å². The first kappa shape index (κ1) is 16.4. The van der Waals surface area contributed by atoms with Crippen LogP contribution in [0.15, 0.2) is 51.6 Å². The molecule has 0 aliphatic heterocycles. The first-order chi connectivity index (χ1) is 11.6. The van der Waals surface area contributed by atoms with Gasteiger partial charge in [-0.05, 0) is 22.9 Å². The molecule has 1 amide bonds. The average Bonchev–Trinajstić information content (AvgIpc) is 3.23. The Hall–Kier alpha value is -2.41. The molecular weight excluding hydrogens is 372 g/mol. The second kappa shape index (κ2) is 7.00. The SMILES string of the molecule is CCn1ncc(Br)c1CN(C)C(=O)c1cc(-c2ccccc2)on1. The maximum absolute atomic E-state index is 12.6. The zero-order valence-electron chi connectivity index (χ0n) is 13.4. The van der Waals surface area contributed by atoms with Gasteiger partial charge in [0.25, 0.3) is 5.91 Å². The van der Waals surface area contributed by atoms with Crippen LogP contribution in [0.4, 0.5) is 0 Å². The van der Waals surface area contributed by atoms with Crippen molar-refractivity contribution in [2.45, 2.75) is 20.0 Å². The highest BCUT2D eigenvalue weighted by molar-refractivity contribution is 9.10. The quantitative estimate of drug-likeness (QED) is 0.669. The molecule has 0 atom stereocenters. The van der Waals surface area contributed by atoms with Crippen LogP contribution >= 0.6 is 15.9 Å². The predicted octanol–water partition coefficient (Wildman–Crippen LogP) is 3.59. The predicted molar refractivity (Wildman–Crippen MR) is 93.3 cm³/mol. The minimum absolute atomic E-state index is 0.198. The topological polar surface area (TPSA) is 64.2 Å². The van der Waals surface area contributed by atoms with Gasteiger partial charge in [-0.2, -0.15) is 5.10 Å². The van der Waals surface area contributed by atoms with Crippen molar-refractivity contribution >= 4 is 21.8 Å². The Kier molecular flexibility index (Phi) is 4.80. The number of hydrogen-bond acceptors (Lipinski definition) is 4. The van der Waals surface area contributed by atoms with Crippen LogP contribution in [0.25, 0.3) is 11.3 Å². The van der Waals surface area contributed by atoms with E-state index in [4.69, 9.17) is 4.52 Å². The van der Waals surface area contributed by atoms with E-state index in [2.05, 4.69) is 26.2 Å². The number of carbonyl (C=O) groups is 1. The summed E-state index contributed by atoms with van der Waals surface area (Å²) in [6, 6.07) is 11.2. The summed E-state index contributed by atoms with van der Waals surface area (Å²) in [5.74, 6) is 0.379. The summed E-state index contributed by atoms with van der Waals surface area (Å²) >= 11 is 3.47. The van der Waals surface area contributed by atoms with Crippen LogP contribution in [0.1, 0.15) is 23.1 Å². The van der Waals surface area contributed by atoms with Crippen LogP contribution in [0, 0.1) is 0 Å². The molecule has 3 aromatic rings. The van der Waals surface area contributed by atoms with Crippen molar-refractivity contribution in [2.75, 3.05) is 7.05 Å². The summed E-state index contributed by atoms with van der Waals surface area (Å²) in [5, 5.41) is 8.17. The van der Waals surface area contributed by atoms with E-state index in [1.807, 2.05) is 41.9 Å². The van der Waals surface area contributed by atoms with Gasteiger partial charge in [-0.1, -0.05) is 35.5 Å². The Morgan fingerprint density at radius 1 is 1.33 bits per heavy atom. The third-order valence-corrected chi connectivity index (χ3v) is 4.38. The highest BCUT2D eigenvalue weighted by Crippen LogP contribution is 2.22. The van der Waals surface area contributed by atoms with E-state index < -0.39 is 0 Å². The summed E-state index contributed by atoms with van der Waals surface area (Å²) in [5.41, 5.74) is 2.12. The van der Waals surface area contributed by atoms with Gasteiger partial charge in [0.1, 0.15) is 0 Å². The summed E-state index contributed by atoms with van der Waals surface area (Å²) < 4.78 is 8.04. The van der Waals surface area contributed by atoms with Gasteiger partial charge in [-0.25, -0.2) is 0 Å². The van der Waals surface area contributed by atoms with Crippen LogP contribution in [0.5, 0.6) is 0 Å². The minimum atomic E-state index is -0.198. The van der Waals surface area contributed by atoms with Gasteiger partial charge in [-0.3, -0.25) is 9.48 Å². The van der Waals surface area contributed by atoms with Gasteiger partial charge in [0, 0.05) is 25.2 Å². The van der Waals surface area contributed by atoms with Crippen molar-refractivity contribution < 1.29 is 9.32 Å². The first-order valence-electron chi connectivity index (χ1n) is 7.58. The molecule has 3 rings (SSSR count). The van der Waals surface area contributed by atoms with E-state index in [-0.39, 0.29) is 11.6 Å². The standard InChI is InChI=1S/C17H17BrN4O2/c1-3-22-15(13(18)10-19-22)11-21(2)17(23)14-9-16(24-20-14)12-7-5-4-6-8-12/h4-10H,3,11H2,1-2H3. The third kappa shape index (κ3) is 3.26. The van der Waals surface area contributed by atoms with E-state index in [0.717, 1.165) is 22.3 Å². The monoisotopic (exact) mass is 388 g/mol. The Bertz CT molecular complexity index is 841. The number of aromatic nitrogens is 3. The lowest BCUT2D eigenvalue weighted by Crippen LogP contribution is -2.27. The number of hydrogen-bond donors (Lipinski definition) is 0. The average molecular weight is 389 g/mol. The van der Waals surface area contributed by atoms with Gasteiger partial charge >= 0.3 is 0 Å². The molecule has 0 unspecified atom stereocenters. The molecular formula is C17H17BrN4O2. The Balaban J connectivity index is 1.77. The molecule has 0 saturated carbocycles. The van der Waals surface area contributed by atoms with E-state index in [1.165, 1.54) is 0 Å². The van der Waals surface area contributed by atoms with Crippen molar-refractivity contribution in [1.82, 2.24) is 19.8 Å². The van der Waals surface area contributed by atoms with Crippen molar-refractivity contribution in [3.05, 3.63) is 58.5 Å². The van der Waals surface area contributed by atoms with Crippen molar-refractivity contribution in [3.63, 3.8) is 0 Å². The fraction of sp³-hybridized carbons (Fsp3) is 0.235. The van der Waals surface area contributed by atoms with Crippen LogP contribution in [-0.4, -0.2) is 32.8 Å². The third-order valence-electron chi connectivity index (χ3n) is 3.72. The number of aryl methyl sites for hydroxylation is 1. The second-order valence-corrected chi connectivity index (χ2v) is 6.21. The molecule has 124 valence electrons. The molecule has 2 heterocycles. The fourth-order valence-electron chi connectivity index (χ4n) is 2.42. The molecule has 0 bridgehead atoms. The summed E-state index contributed by atoms with van der Waals surface area (Å²) in [4.78, 5) is 14.2. The van der Waals surface area contributed by atoms with E-state index >= 15 is 0 Å². The molecule has 0 spiro atoms. The maximum atomic E-state index is 12.6. The lowest BCUT2D eigenvalue weighted by molar-refractivity contribution is 0.0771. The first-order valence-corrected chi connectivity index (χ1v) is 8.37. The summed E-state index contributed by atoms with van der Waals surface area (Å²) in [7, 11) is 1.73. The van der Waals surface area contributed by atoms with Crippen molar-refractivity contribution in [1.29, 1.82) is 0 Å². The lowest BCUT2D eigenvalue weighted by atomic mass is 10.1. The fourth-order valence-corrected chi connectivity index (χ4v) is 2.85. The molecule has 1 aromatic carbocycles. The van der Waals surface area contributed by atoms with Crippen LogP contribution in [0.3, 0.4) is 0 Å². The zero-order chi connectivity index (χ0) is 17.1. The summed E-state index contributed by atoms with van der Waals surface area (Å²) in [6.07, 6.45) is 1.74. The zero-order valence-corrected chi connectivity index (χ0v) is 15.0. The maximum Gasteiger partial charge on any atom is 0.276 e. The van der Waals surface area contributed by atoms with Gasteiger partial charge in [0.2, 0.25) is 0 Å². The number of halogens is 1. The number of rotatable bonds is 5. The van der Waals surface area contributed by atoms with Crippen LogP contribution in [0.2, 0.25) is 0 Å². The molecule has 0 aliphatic rings. The van der Waals surface area contributed by atoms with Gasteiger partial charge < -0.3 is 9.42 Å². The normalized spacial score (nSPS) is 10.8. The molecule has 0 radical (unpaired) electrons. The molecule has 0 saturated heterocycles. The highest BCUT2D eigenvalue weighted by atomic mass is 79.9. The molecule has 24 heavy (non-hydrogen) atoms.